The van der Waals surface area contributed by atoms with E-state index < -0.39 is 17.7 Å². The first-order valence-corrected chi connectivity index (χ1v) is 5.01. The molecule has 1 aliphatic rings. The van der Waals surface area contributed by atoms with Gasteiger partial charge in [0.2, 0.25) is 0 Å². The van der Waals surface area contributed by atoms with Crippen molar-refractivity contribution in [3.05, 3.63) is 41.5 Å². The fraction of sp³-hybridized carbons (Fsp3) is 0.333. The lowest BCUT2D eigenvalue weighted by atomic mass is 9.92. The zero-order valence-electron chi connectivity index (χ0n) is 8.21. The molecule has 0 aromatic heterocycles. The molecule has 3 heteroatoms. The van der Waals surface area contributed by atoms with E-state index in [1.54, 1.807) is 6.08 Å². The van der Waals surface area contributed by atoms with Crippen LogP contribution in [0.1, 0.15) is 24.8 Å². The number of aliphatic hydroxyl groups excluding tert-OH is 1. The van der Waals surface area contributed by atoms with Gasteiger partial charge in [0.15, 0.2) is 0 Å². The lowest BCUT2D eigenvalue weighted by Gasteiger charge is -2.17. The molecular formula is C12H12F2O. The molecular weight excluding hydrogens is 198 g/mol. The van der Waals surface area contributed by atoms with Crippen molar-refractivity contribution in [1.82, 2.24) is 0 Å². The predicted molar refractivity (Wildman–Crippen MR) is 54.2 cm³/mol. The van der Waals surface area contributed by atoms with Gasteiger partial charge in [0.1, 0.15) is 11.6 Å². The molecule has 15 heavy (non-hydrogen) atoms. The summed E-state index contributed by atoms with van der Waals surface area (Å²) in [5.74, 6) is -0.885. The molecule has 80 valence electrons. The summed E-state index contributed by atoms with van der Waals surface area (Å²) in [5.41, 5.74) is 0.972. The summed E-state index contributed by atoms with van der Waals surface area (Å²) in [4.78, 5) is 0. The largest absolute Gasteiger partial charge is 0.389 e. The molecule has 0 radical (unpaired) electrons. The van der Waals surface area contributed by atoms with Gasteiger partial charge in [-0.05, 0) is 43.0 Å². The number of rotatable bonds is 1. The Morgan fingerprint density at radius 1 is 1.27 bits per heavy atom. The van der Waals surface area contributed by atoms with Gasteiger partial charge in [-0.3, -0.25) is 0 Å². The molecule has 1 unspecified atom stereocenters. The maximum absolute atomic E-state index is 13.4. The van der Waals surface area contributed by atoms with Crippen molar-refractivity contribution >= 4 is 5.57 Å². The van der Waals surface area contributed by atoms with Gasteiger partial charge in [-0.1, -0.05) is 6.08 Å². The summed E-state index contributed by atoms with van der Waals surface area (Å²) in [5, 5.41) is 9.41. The molecule has 1 atom stereocenters. The maximum Gasteiger partial charge on any atom is 0.130 e. The summed E-state index contributed by atoms with van der Waals surface area (Å²) < 4.78 is 26.3. The fourth-order valence-electron chi connectivity index (χ4n) is 1.87. The molecule has 0 aliphatic heterocycles. The highest BCUT2D eigenvalue weighted by molar-refractivity contribution is 5.67. The molecule has 1 nitrogen and oxygen atoms in total. The van der Waals surface area contributed by atoms with Crippen LogP contribution in [0.15, 0.2) is 24.3 Å². The number of halogens is 2. The smallest absolute Gasteiger partial charge is 0.130 e. The Morgan fingerprint density at radius 3 is 2.80 bits per heavy atom. The number of hydrogen-bond donors (Lipinski definition) is 1. The Labute approximate surface area is 87.1 Å². The Balaban J connectivity index is 2.40. The van der Waals surface area contributed by atoms with E-state index in [1.165, 1.54) is 6.07 Å². The zero-order valence-corrected chi connectivity index (χ0v) is 8.21. The van der Waals surface area contributed by atoms with E-state index in [9.17, 15) is 13.9 Å². The van der Waals surface area contributed by atoms with E-state index in [1.807, 2.05) is 0 Å². The van der Waals surface area contributed by atoms with Gasteiger partial charge in [-0.25, -0.2) is 8.78 Å². The van der Waals surface area contributed by atoms with Crippen LogP contribution in [-0.2, 0) is 0 Å². The molecule has 2 rings (SSSR count). The van der Waals surface area contributed by atoms with Crippen molar-refractivity contribution < 1.29 is 13.9 Å². The maximum atomic E-state index is 13.4. The number of aliphatic hydroxyl groups is 1. The Kier molecular flexibility index (Phi) is 2.82. The summed E-state index contributed by atoms with van der Waals surface area (Å²) in [7, 11) is 0. The van der Waals surface area contributed by atoms with Crippen LogP contribution in [-0.4, -0.2) is 11.2 Å². The first kappa shape index (κ1) is 10.3. The highest BCUT2D eigenvalue weighted by atomic mass is 19.1. The minimum absolute atomic E-state index is 0.272. The molecule has 1 aromatic rings. The second kappa shape index (κ2) is 4.11. The third-order valence-corrected chi connectivity index (χ3v) is 2.61. The van der Waals surface area contributed by atoms with Gasteiger partial charge >= 0.3 is 0 Å². The monoisotopic (exact) mass is 210 g/mol. The second-order valence-corrected chi connectivity index (χ2v) is 3.78. The molecule has 1 aliphatic carbocycles. The van der Waals surface area contributed by atoms with Gasteiger partial charge in [0.05, 0.1) is 6.10 Å². The van der Waals surface area contributed by atoms with Gasteiger partial charge in [0, 0.05) is 5.56 Å². The molecule has 0 amide bonds. The molecule has 0 saturated heterocycles. The first-order chi connectivity index (χ1) is 7.16. The standard InChI is InChI=1S/C12H12F2O/c13-9-4-5-12(14)11(7-9)8-2-1-3-10(15)6-8/h4-7,10,15H,1-3H2. The predicted octanol–water partition coefficient (Wildman–Crippen LogP) is 2.89. The van der Waals surface area contributed by atoms with E-state index in [0.717, 1.165) is 18.6 Å². The fourth-order valence-corrected chi connectivity index (χ4v) is 1.87. The van der Waals surface area contributed by atoms with Crippen LogP contribution in [0.3, 0.4) is 0 Å². The van der Waals surface area contributed by atoms with E-state index in [0.29, 0.717) is 18.4 Å². The minimum Gasteiger partial charge on any atom is -0.389 e. The second-order valence-electron chi connectivity index (χ2n) is 3.78. The highest BCUT2D eigenvalue weighted by Crippen LogP contribution is 2.28. The molecule has 0 fully saturated rings. The molecule has 1 aromatic carbocycles. The van der Waals surface area contributed by atoms with Crippen LogP contribution in [0.5, 0.6) is 0 Å². The summed E-state index contributed by atoms with van der Waals surface area (Å²) in [6.07, 6.45) is 3.28. The highest BCUT2D eigenvalue weighted by Gasteiger charge is 2.15. The molecule has 1 N–H and O–H groups in total. The van der Waals surface area contributed by atoms with Gasteiger partial charge < -0.3 is 5.11 Å². The van der Waals surface area contributed by atoms with Gasteiger partial charge in [0.25, 0.3) is 0 Å². The minimum atomic E-state index is -0.531. The average Bonchev–Trinajstić information content (AvgIpc) is 2.22. The number of benzene rings is 1. The lowest BCUT2D eigenvalue weighted by Crippen LogP contribution is -2.09. The van der Waals surface area contributed by atoms with Crippen molar-refractivity contribution in [1.29, 1.82) is 0 Å². The topological polar surface area (TPSA) is 20.2 Å². The van der Waals surface area contributed by atoms with E-state index in [4.69, 9.17) is 0 Å². The first-order valence-electron chi connectivity index (χ1n) is 5.01. The number of hydrogen-bond acceptors (Lipinski definition) is 1. The van der Waals surface area contributed by atoms with Crippen LogP contribution >= 0.6 is 0 Å². The molecule has 0 bridgehead atoms. The van der Waals surface area contributed by atoms with Crippen molar-refractivity contribution in [2.75, 3.05) is 0 Å². The van der Waals surface area contributed by atoms with Gasteiger partial charge in [-0.15, -0.1) is 0 Å². The van der Waals surface area contributed by atoms with Crippen molar-refractivity contribution in [2.24, 2.45) is 0 Å². The summed E-state index contributed by atoms with van der Waals surface area (Å²) in [6.45, 7) is 0. The van der Waals surface area contributed by atoms with Gasteiger partial charge in [-0.2, -0.15) is 0 Å². The molecule has 0 spiro atoms. The summed E-state index contributed by atoms with van der Waals surface area (Å²) in [6, 6.07) is 3.39. The zero-order chi connectivity index (χ0) is 10.8. The van der Waals surface area contributed by atoms with Crippen molar-refractivity contribution in [3.8, 4) is 0 Å². The summed E-state index contributed by atoms with van der Waals surface area (Å²) >= 11 is 0. The van der Waals surface area contributed by atoms with Crippen LogP contribution in [0, 0.1) is 11.6 Å². The van der Waals surface area contributed by atoms with E-state index in [2.05, 4.69) is 0 Å². The van der Waals surface area contributed by atoms with Crippen molar-refractivity contribution in [2.45, 2.75) is 25.4 Å². The Morgan fingerprint density at radius 2 is 2.07 bits per heavy atom. The Hall–Kier alpha value is -1.22. The molecule has 0 heterocycles. The van der Waals surface area contributed by atoms with Crippen LogP contribution < -0.4 is 0 Å². The van der Waals surface area contributed by atoms with Crippen LogP contribution in [0.25, 0.3) is 5.57 Å². The quantitative estimate of drug-likeness (QED) is 0.755. The molecule has 0 saturated carbocycles. The normalized spacial score (nSPS) is 21.3. The Bertz CT molecular complexity index is 399. The lowest BCUT2D eigenvalue weighted by molar-refractivity contribution is 0.206. The average molecular weight is 210 g/mol. The van der Waals surface area contributed by atoms with Crippen LogP contribution in [0.4, 0.5) is 8.78 Å². The van der Waals surface area contributed by atoms with E-state index >= 15 is 0 Å². The number of allylic oxidation sites excluding steroid dienone is 1. The third kappa shape index (κ3) is 2.23. The third-order valence-electron chi connectivity index (χ3n) is 2.61. The SMILES string of the molecule is OC1C=C(c2cc(F)ccc2F)CCC1. The van der Waals surface area contributed by atoms with E-state index in [-0.39, 0.29) is 5.56 Å². The van der Waals surface area contributed by atoms with Crippen molar-refractivity contribution in [3.63, 3.8) is 0 Å². The van der Waals surface area contributed by atoms with Crippen LogP contribution in [0.2, 0.25) is 0 Å².